The second kappa shape index (κ2) is 7.54. The number of hydrogen-bond acceptors (Lipinski definition) is 4. The van der Waals surface area contributed by atoms with Crippen molar-refractivity contribution in [3.8, 4) is 11.8 Å². The molecule has 0 aliphatic carbocycles. The van der Waals surface area contributed by atoms with Crippen LogP contribution < -0.4 is 5.32 Å². The lowest BCUT2D eigenvalue weighted by atomic mass is 10.3. The van der Waals surface area contributed by atoms with Gasteiger partial charge in [-0.3, -0.25) is 9.48 Å². The van der Waals surface area contributed by atoms with Crippen molar-refractivity contribution in [3.63, 3.8) is 0 Å². The molecule has 3 rings (SSSR count). The first-order valence-corrected chi connectivity index (χ1v) is 8.83. The van der Waals surface area contributed by atoms with E-state index in [1.54, 1.807) is 9.36 Å². The standard InChI is InChI=1S/C18H17BrN6O/c1-12-17(19)13(2)24(23-12)9-8-16(26)22-18-14(10-20)11-21-25(18)15-6-4-3-5-7-15/h3-7,11H,8-9H2,1-2H3,(H,22,26). The molecular formula is C18H17BrN6O. The van der Waals surface area contributed by atoms with E-state index in [0.717, 1.165) is 21.5 Å². The number of hydrogen-bond donors (Lipinski definition) is 1. The zero-order valence-electron chi connectivity index (χ0n) is 14.4. The van der Waals surface area contributed by atoms with E-state index in [1.807, 2.05) is 44.2 Å². The molecule has 3 aromatic rings. The molecule has 0 atom stereocenters. The van der Waals surface area contributed by atoms with Gasteiger partial charge in [-0.15, -0.1) is 0 Å². The molecule has 1 aromatic carbocycles. The van der Waals surface area contributed by atoms with Crippen LogP contribution in [0.3, 0.4) is 0 Å². The second-order valence-electron chi connectivity index (χ2n) is 5.77. The van der Waals surface area contributed by atoms with Gasteiger partial charge >= 0.3 is 0 Å². The van der Waals surface area contributed by atoms with E-state index in [9.17, 15) is 10.1 Å². The number of nitrogens with one attached hydrogen (secondary N) is 1. The molecule has 2 heterocycles. The van der Waals surface area contributed by atoms with Crippen LogP contribution in [0.4, 0.5) is 5.82 Å². The smallest absolute Gasteiger partial charge is 0.227 e. The fourth-order valence-corrected chi connectivity index (χ4v) is 2.89. The highest BCUT2D eigenvalue weighted by Crippen LogP contribution is 2.21. The summed E-state index contributed by atoms with van der Waals surface area (Å²) in [5, 5.41) is 20.7. The number of nitrogens with zero attached hydrogens (tertiary/aromatic N) is 5. The quantitative estimate of drug-likeness (QED) is 0.695. The van der Waals surface area contributed by atoms with E-state index < -0.39 is 0 Å². The normalized spacial score (nSPS) is 10.5. The lowest BCUT2D eigenvalue weighted by molar-refractivity contribution is -0.116. The topological polar surface area (TPSA) is 88.5 Å². The SMILES string of the molecule is Cc1nn(CCC(=O)Nc2c(C#N)cnn2-c2ccccc2)c(C)c1Br. The van der Waals surface area contributed by atoms with Crippen molar-refractivity contribution < 1.29 is 4.79 Å². The average molecular weight is 413 g/mol. The van der Waals surface area contributed by atoms with Crippen LogP contribution >= 0.6 is 15.9 Å². The maximum absolute atomic E-state index is 12.4. The van der Waals surface area contributed by atoms with Crippen molar-refractivity contribution in [2.45, 2.75) is 26.8 Å². The average Bonchev–Trinajstić information content (AvgIpc) is 3.16. The van der Waals surface area contributed by atoms with Gasteiger partial charge in [0, 0.05) is 12.1 Å². The van der Waals surface area contributed by atoms with Gasteiger partial charge in [0.15, 0.2) is 5.82 Å². The summed E-state index contributed by atoms with van der Waals surface area (Å²) in [6, 6.07) is 11.4. The number of amides is 1. The van der Waals surface area contributed by atoms with Gasteiger partial charge in [0.1, 0.15) is 11.6 Å². The van der Waals surface area contributed by atoms with E-state index in [4.69, 9.17) is 0 Å². The van der Waals surface area contributed by atoms with E-state index in [0.29, 0.717) is 17.9 Å². The summed E-state index contributed by atoms with van der Waals surface area (Å²) in [6.45, 7) is 4.30. The van der Waals surface area contributed by atoms with Gasteiger partial charge in [-0.25, -0.2) is 4.68 Å². The van der Waals surface area contributed by atoms with Crippen molar-refractivity contribution in [1.29, 1.82) is 5.26 Å². The lowest BCUT2D eigenvalue weighted by Gasteiger charge is -2.10. The van der Waals surface area contributed by atoms with E-state index in [1.165, 1.54) is 6.20 Å². The summed E-state index contributed by atoms with van der Waals surface area (Å²) in [5.74, 6) is 0.168. The van der Waals surface area contributed by atoms with E-state index in [-0.39, 0.29) is 12.3 Å². The summed E-state index contributed by atoms with van der Waals surface area (Å²) in [5.41, 5.74) is 2.95. The Bertz CT molecular complexity index is 983. The number of nitriles is 1. The molecule has 1 amide bonds. The van der Waals surface area contributed by atoms with Crippen molar-refractivity contribution in [2.24, 2.45) is 0 Å². The second-order valence-corrected chi connectivity index (χ2v) is 6.57. The molecule has 0 fully saturated rings. The first-order chi connectivity index (χ1) is 12.5. The summed E-state index contributed by atoms with van der Waals surface area (Å²) < 4.78 is 4.29. The third-order valence-corrected chi connectivity index (χ3v) is 5.14. The van der Waals surface area contributed by atoms with Gasteiger partial charge in [0.2, 0.25) is 5.91 Å². The van der Waals surface area contributed by atoms with Crippen LogP contribution in [0.15, 0.2) is 41.0 Å². The van der Waals surface area contributed by atoms with Crippen LogP contribution in [-0.2, 0) is 11.3 Å². The summed E-state index contributed by atoms with van der Waals surface area (Å²) >= 11 is 3.48. The zero-order valence-corrected chi connectivity index (χ0v) is 16.0. The van der Waals surface area contributed by atoms with Crippen molar-refractivity contribution in [1.82, 2.24) is 19.6 Å². The van der Waals surface area contributed by atoms with Crippen molar-refractivity contribution in [3.05, 3.63) is 58.0 Å². The first kappa shape index (κ1) is 17.9. The van der Waals surface area contributed by atoms with Crippen LogP contribution in [0.1, 0.15) is 23.4 Å². The minimum Gasteiger partial charge on any atom is -0.309 e. The number of para-hydroxylation sites is 1. The van der Waals surface area contributed by atoms with E-state index >= 15 is 0 Å². The maximum atomic E-state index is 12.4. The molecule has 2 aromatic heterocycles. The number of carbonyl (C=O) groups excluding carboxylic acids is 1. The summed E-state index contributed by atoms with van der Waals surface area (Å²) in [6.07, 6.45) is 1.68. The third-order valence-electron chi connectivity index (χ3n) is 3.99. The fraction of sp³-hybridized carbons (Fsp3) is 0.222. The molecule has 0 saturated carbocycles. The highest BCUT2D eigenvalue weighted by atomic mass is 79.9. The van der Waals surface area contributed by atoms with Gasteiger partial charge in [-0.2, -0.15) is 15.5 Å². The Hall–Kier alpha value is -2.92. The van der Waals surface area contributed by atoms with Crippen LogP contribution in [0.25, 0.3) is 5.69 Å². The Morgan fingerprint density at radius 2 is 2.04 bits per heavy atom. The molecule has 26 heavy (non-hydrogen) atoms. The number of halogens is 1. The third kappa shape index (κ3) is 3.53. The van der Waals surface area contributed by atoms with Gasteiger partial charge in [0.25, 0.3) is 0 Å². The Morgan fingerprint density at radius 1 is 1.31 bits per heavy atom. The van der Waals surface area contributed by atoms with Gasteiger partial charge in [-0.05, 0) is 41.9 Å². The number of aryl methyl sites for hydroxylation is 2. The first-order valence-electron chi connectivity index (χ1n) is 8.04. The number of anilines is 1. The van der Waals surface area contributed by atoms with Crippen molar-refractivity contribution in [2.75, 3.05) is 5.32 Å². The molecule has 0 bridgehead atoms. The van der Waals surface area contributed by atoms with Gasteiger partial charge in [-0.1, -0.05) is 18.2 Å². The molecule has 7 nitrogen and oxygen atoms in total. The molecule has 0 aliphatic heterocycles. The Balaban J connectivity index is 1.76. The lowest BCUT2D eigenvalue weighted by Crippen LogP contribution is -2.18. The molecule has 0 unspecified atom stereocenters. The van der Waals surface area contributed by atoms with Crippen LogP contribution in [0.5, 0.6) is 0 Å². The molecule has 0 radical (unpaired) electrons. The van der Waals surface area contributed by atoms with Crippen LogP contribution in [0.2, 0.25) is 0 Å². The predicted octanol–water partition coefficient (Wildman–Crippen LogP) is 3.35. The molecule has 8 heteroatoms. The predicted molar refractivity (Wildman–Crippen MR) is 101 cm³/mol. The Morgan fingerprint density at radius 3 is 2.65 bits per heavy atom. The Kier molecular flexibility index (Phi) is 5.19. The van der Waals surface area contributed by atoms with Gasteiger partial charge in [0.05, 0.1) is 28.6 Å². The molecule has 1 N–H and O–H groups in total. The largest absolute Gasteiger partial charge is 0.309 e. The molecule has 0 saturated heterocycles. The van der Waals surface area contributed by atoms with Gasteiger partial charge < -0.3 is 5.32 Å². The summed E-state index contributed by atoms with van der Waals surface area (Å²) in [7, 11) is 0. The monoisotopic (exact) mass is 412 g/mol. The minimum absolute atomic E-state index is 0.206. The highest BCUT2D eigenvalue weighted by Gasteiger charge is 2.16. The summed E-state index contributed by atoms with van der Waals surface area (Å²) in [4.78, 5) is 12.4. The molecule has 0 spiro atoms. The number of aromatic nitrogens is 4. The highest BCUT2D eigenvalue weighted by molar-refractivity contribution is 9.10. The molecule has 132 valence electrons. The van der Waals surface area contributed by atoms with E-state index in [2.05, 4.69) is 37.5 Å². The minimum atomic E-state index is -0.206. The molecule has 0 aliphatic rings. The van der Waals surface area contributed by atoms with Crippen LogP contribution in [0, 0.1) is 25.2 Å². The van der Waals surface area contributed by atoms with Crippen LogP contribution in [-0.4, -0.2) is 25.5 Å². The number of rotatable bonds is 5. The fourth-order valence-electron chi connectivity index (χ4n) is 2.61. The van der Waals surface area contributed by atoms with Crippen molar-refractivity contribution >= 4 is 27.7 Å². The zero-order chi connectivity index (χ0) is 18.7. The maximum Gasteiger partial charge on any atom is 0.227 e. The number of carbonyl (C=O) groups is 1. The Labute approximate surface area is 159 Å². The molecular weight excluding hydrogens is 396 g/mol. The number of benzene rings is 1.